The van der Waals surface area contributed by atoms with E-state index in [2.05, 4.69) is 0 Å². The van der Waals surface area contributed by atoms with Crippen molar-refractivity contribution in [2.24, 2.45) is 0 Å². The molecule has 0 aliphatic heterocycles. The van der Waals surface area contributed by atoms with Gasteiger partial charge in [-0.05, 0) is 26.8 Å². The number of carbonyl (C=O) groups is 1. The molecule has 0 bridgehead atoms. The molecule has 2 N–H and O–H groups in total. The van der Waals surface area contributed by atoms with Crippen LogP contribution in [0.2, 0.25) is 0 Å². The first-order valence-corrected chi connectivity index (χ1v) is 6.62. The first kappa shape index (κ1) is 20.9. The molecule has 0 aliphatic rings. The van der Waals surface area contributed by atoms with Gasteiger partial charge in [0.1, 0.15) is 0 Å². The lowest BCUT2D eigenvalue weighted by molar-refractivity contribution is -0.683. The Bertz CT molecular complexity index is 712. The quantitative estimate of drug-likeness (QED) is 0.351. The summed E-state index contributed by atoms with van der Waals surface area (Å²) in [6.07, 6.45) is 3.76. The number of benzene rings is 1. The molecule has 23 heavy (non-hydrogen) atoms. The van der Waals surface area contributed by atoms with Gasteiger partial charge in [0.15, 0.2) is 12.4 Å². The molecular weight excluding hydrogens is 364 g/mol. The molecule has 1 aromatic heterocycles. The Kier molecular flexibility index (Phi) is 7.71. The highest BCUT2D eigenvalue weighted by molar-refractivity contribution is 8.93. The fraction of sp³-hybridized carbons (Fsp3) is 0.250. The summed E-state index contributed by atoms with van der Waals surface area (Å²) in [6, 6.07) is 6.62. The number of ketones is 1. The minimum atomic E-state index is -0.462. The molecule has 0 unspecified atom stereocenters. The van der Waals surface area contributed by atoms with Crippen LogP contribution in [0.15, 0.2) is 36.7 Å². The number of halogens is 1. The van der Waals surface area contributed by atoms with E-state index in [1.165, 1.54) is 6.07 Å². The number of aryl methyl sites for hydroxylation is 3. The number of nitro benzene ring substituents is 1. The Balaban J connectivity index is 0.00000242. The topological polar surface area (TPSA) is 95.6 Å². The average molecular weight is 384 g/mol. The second-order valence-electron chi connectivity index (χ2n) is 5.24. The number of Topliss-reactive ketones (excluding diaryl/α,β-unsaturated/α-hetero) is 1. The summed E-state index contributed by atoms with van der Waals surface area (Å²) in [7, 11) is 0. The Hall–Kier alpha value is -2.12. The van der Waals surface area contributed by atoms with Crippen molar-refractivity contribution >= 4 is 28.5 Å². The smallest absolute Gasteiger partial charge is 0.273 e. The highest BCUT2D eigenvalue weighted by atomic mass is 79.9. The van der Waals surface area contributed by atoms with Crippen LogP contribution in [0, 0.1) is 30.9 Å². The summed E-state index contributed by atoms with van der Waals surface area (Å²) in [4.78, 5) is 22.8. The maximum atomic E-state index is 12.3. The van der Waals surface area contributed by atoms with Crippen molar-refractivity contribution in [2.75, 3.05) is 0 Å². The molecule has 124 valence electrons. The molecule has 0 atom stereocenters. The number of hydrogen-bond acceptors (Lipinski definition) is 3. The van der Waals surface area contributed by atoms with Crippen LogP contribution >= 0.6 is 17.0 Å². The monoisotopic (exact) mass is 383 g/mol. The predicted octanol–water partition coefficient (Wildman–Crippen LogP) is 2.44. The third kappa shape index (κ3) is 5.22. The molecule has 0 saturated carbocycles. The van der Waals surface area contributed by atoms with Crippen molar-refractivity contribution in [3.05, 3.63) is 69.0 Å². The zero-order valence-corrected chi connectivity index (χ0v) is 14.9. The van der Waals surface area contributed by atoms with E-state index in [-0.39, 0.29) is 40.5 Å². The second-order valence-corrected chi connectivity index (χ2v) is 5.24. The van der Waals surface area contributed by atoms with E-state index < -0.39 is 4.92 Å². The standard InChI is InChI=1S/C16H17N2O3.BrH.H2O/c1-11-6-12(2)9-17(8-11)10-16(19)14-5-4-13(3)15(7-14)18(20)21;;/h4-9H,10H2,1-3H3;1H;1H2/q+1;;. The van der Waals surface area contributed by atoms with Crippen molar-refractivity contribution in [3.8, 4) is 0 Å². The Morgan fingerprint density at radius 1 is 1.13 bits per heavy atom. The minimum absolute atomic E-state index is 0. The van der Waals surface area contributed by atoms with Crippen molar-refractivity contribution < 1.29 is 19.8 Å². The van der Waals surface area contributed by atoms with Gasteiger partial charge in [0.2, 0.25) is 12.3 Å². The zero-order chi connectivity index (χ0) is 15.6. The van der Waals surface area contributed by atoms with E-state index in [0.717, 1.165) is 11.1 Å². The highest BCUT2D eigenvalue weighted by Crippen LogP contribution is 2.19. The molecule has 0 amide bonds. The van der Waals surface area contributed by atoms with Crippen LogP contribution in [-0.2, 0) is 6.54 Å². The molecule has 2 rings (SSSR count). The molecule has 1 aromatic carbocycles. The van der Waals surface area contributed by atoms with Gasteiger partial charge in [-0.3, -0.25) is 14.9 Å². The average Bonchev–Trinajstić information content (AvgIpc) is 2.37. The maximum absolute atomic E-state index is 12.3. The van der Waals surface area contributed by atoms with Crippen LogP contribution in [0.5, 0.6) is 0 Å². The van der Waals surface area contributed by atoms with Crippen molar-refractivity contribution in [2.45, 2.75) is 27.3 Å². The van der Waals surface area contributed by atoms with Crippen LogP contribution in [0.4, 0.5) is 5.69 Å². The van der Waals surface area contributed by atoms with E-state index in [4.69, 9.17) is 0 Å². The molecule has 2 aromatic rings. The normalized spacial score (nSPS) is 9.52. The van der Waals surface area contributed by atoms with Crippen LogP contribution in [0.1, 0.15) is 27.0 Å². The van der Waals surface area contributed by atoms with E-state index in [1.807, 2.05) is 32.3 Å². The van der Waals surface area contributed by atoms with Gasteiger partial charge < -0.3 is 5.48 Å². The van der Waals surface area contributed by atoms with E-state index in [1.54, 1.807) is 23.6 Å². The number of aromatic nitrogens is 1. The Morgan fingerprint density at radius 2 is 1.70 bits per heavy atom. The zero-order valence-electron chi connectivity index (χ0n) is 13.2. The SMILES string of the molecule is Br.Cc1cc(C)c[n+](CC(=O)c2ccc(C)c([N+](=O)[O-])c2)c1.O. The summed E-state index contributed by atoms with van der Waals surface area (Å²) in [5, 5.41) is 10.9. The van der Waals surface area contributed by atoms with Gasteiger partial charge in [-0.2, -0.15) is 4.57 Å². The van der Waals surface area contributed by atoms with Gasteiger partial charge in [0.25, 0.3) is 5.69 Å². The largest absolute Gasteiger partial charge is 0.412 e. The number of nitrogens with zero attached hydrogens (tertiary/aromatic N) is 2. The number of rotatable bonds is 4. The lowest BCUT2D eigenvalue weighted by atomic mass is 10.1. The number of nitro groups is 1. The number of hydrogen-bond donors (Lipinski definition) is 0. The predicted molar refractivity (Wildman–Crippen MR) is 92.2 cm³/mol. The summed E-state index contributed by atoms with van der Waals surface area (Å²) in [6.45, 7) is 5.75. The fourth-order valence-electron chi connectivity index (χ4n) is 2.32. The summed E-state index contributed by atoms with van der Waals surface area (Å²) < 4.78 is 1.80. The van der Waals surface area contributed by atoms with Gasteiger partial charge in [0.05, 0.1) is 4.92 Å². The molecule has 0 fully saturated rings. The summed E-state index contributed by atoms with van der Waals surface area (Å²) in [5.41, 5.74) is 3.02. The molecule has 6 nitrogen and oxygen atoms in total. The number of pyridine rings is 1. The van der Waals surface area contributed by atoms with Crippen LogP contribution in [0.25, 0.3) is 0 Å². The van der Waals surface area contributed by atoms with Gasteiger partial charge in [0, 0.05) is 28.3 Å². The third-order valence-corrected chi connectivity index (χ3v) is 3.25. The maximum Gasteiger partial charge on any atom is 0.273 e. The van der Waals surface area contributed by atoms with Crippen molar-refractivity contribution in [1.29, 1.82) is 0 Å². The van der Waals surface area contributed by atoms with E-state index in [0.29, 0.717) is 11.1 Å². The molecular formula is C16H20BrN2O4+. The molecule has 0 radical (unpaired) electrons. The molecule has 1 heterocycles. The Labute approximate surface area is 145 Å². The molecule has 0 spiro atoms. The van der Waals surface area contributed by atoms with Crippen LogP contribution in [-0.4, -0.2) is 16.2 Å². The highest BCUT2D eigenvalue weighted by Gasteiger charge is 2.18. The third-order valence-electron chi connectivity index (χ3n) is 3.25. The first-order chi connectivity index (χ1) is 9.86. The van der Waals surface area contributed by atoms with Crippen molar-refractivity contribution in [1.82, 2.24) is 0 Å². The minimum Gasteiger partial charge on any atom is -0.412 e. The van der Waals surface area contributed by atoms with Gasteiger partial charge in [-0.15, -0.1) is 17.0 Å². The second kappa shape index (κ2) is 8.50. The van der Waals surface area contributed by atoms with Crippen molar-refractivity contribution in [3.63, 3.8) is 0 Å². The van der Waals surface area contributed by atoms with Crippen LogP contribution < -0.4 is 4.57 Å². The first-order valence-electron chi connectivity index (χ1n) is 6.62. The summed E-state index contributed by atoms with van der Waals surface area (Å²) >= 11 is 0. The van der Waals surface area contributed by atoms with Gasteiger partial charge in [-0.1, -0.05) is 12.1 Å². The van der Waals surface area contributed by atoms with E-state index >= 15 is 0 Å². The lowest BCUT2D eigenvalue weighted by Gasteiger charge is -2.02. The lowest BCUT2D eigenvalue weighted by Crippen LogP contribution is -2.38. The molecule has 0 saturated heterocycles. The summed E-state index contributed by atoms with van der Waals surface area (Å²) in [5.74, 6) is -0.145. The van der Waals surface area contributed by atoms with Gasteiger partial charge in [-0.25, -0.2) is 0 Å². The molecule has 0 aliphatic carbocycles. The molecule has 7 heteroatoms. The Morgan fingerprint density at radius 3 is 2.22 bits per heavy atom. The van der Waals surface area contributed by atoms with Gasteiger partial charge >= 0.3 is 0 Å². The van der Waals surface area contributed by atoms with Crippen LogP contribution in [0.3, 0.4) is 0 Å². The fourth-order valence-corrected chi connectivity index (χ4v) is 2.32. The van der Waals surface area contributed by atoms with E-state index in [9.17, 15) is 14.9 Å². The number of carbonyl (C=O) groups excluding carboxylic acids is 1.